The van der Waals surface area contributed by atoms with Gasteiger partial charge in [-0.3, -0.25) is 14.4 Å². The molecular weight excluding hydrogens is 370 g/mol. The molecule has 3 rings (SSSR count). The fourth-order valence-corrected chi connectivity index (χ4v) is 3.54. The lowest BCUT2D eigenvalue weighted by Crippen LogP contribution is -2.38. The molecule has 0 bridgehead atoms. The van der Waals surface area contributed by atoms with E-state index in [9.17, 15) is 14.4 Å². The fraction of sp³-hybridized carbons (Fsp3) is 0.500. The first-order chi connectivity index (χ1) is 14.1. The Morgan fingerprint density at radius 1 is 1.10 bits per heavy atom. The van der Waals surface area contributed by atoms with E-state index in [1.807, 2.05) is 13.0 Å². The van der Waals surface area contributed by atoms with Gasteiger partial charge in [0.15, 0.2) is 0 Å². The van der Waals surface area contributed by atoms with Gasteiger partial charge in [-0.05, 0) is 31.4 Å². The number of furan rings is 1. The summed E-state index contributed by atoms with van der Waals surface area (Å²) >= 11 is 0. The number of carbonyl (C=O) groups is 2. The molecule has 0 aromatic carbocycles. The Balaban J connectivity index is 1.94. The molecule has 1 N–H and O–H groups in total. The number of pyridine rings is 1. The summed E-state index contributed by atoms with van der Waals surface area (Å²) < 4.78 is 7.07. The highest BCUT2D eigenvalue weighted by atomic mass is 16.3. The van der Waals surface area contributed by atoms with Crippen LogP contribution in [0.15, 0.2) is 40.0 Å². The number of rotatable bonds is 7. The van der Waals surface area contributed by atoms with Crippen LogP contribution in [0.4, 0.5) is 0 Å². The van der Waals surface area contributed by atoms with Crippen molar-refractivity contribution in [3.63, 3.8) is 0 Å². The van der Waals surface area contributed by atoms with E-state index in [2.05, 4.69) is 5.32 Å². The van der Waals surface area contributed by atoms with Crippen LogP contribution >= 0.6 is 0 Å². The summed E-state index contributed by atoms with van der Waals surface area (Å²) in [5.74, 6) is -0.0605. The summed E-state index contributed by atoms with van der Waals surface area (Å²) in [5.41, 5.74) is -0.473. The van der Waals surface area contributed by atoms with Crippen molar-refractivity contribution in [1.29, 1.82) is 0 Å². The Labute approximate surface area is 170 Å². The molecule has 0 atom stereocenters. The Hall–Kier alpha value is -2.83. The zero-order valence-corrected chi connectivity index (χ0v) is 17.0. The van der Waals surface area contributed by atoms with Gasteiger partial charge in [0.2, 0.25) is 5.43 Å². The highest BCUT2D eigenvalue weighted by Gasteiger charge is 2.24. The first kappa shape index (κ1) is 20.9. The van der Waals surface area contributed by atoms with E-state index in [1.165, 1.54) is 6.20 Å². The number of aromatic nitrogens is 1. The van der Waals surface area contributed by atoms with E-state index < -0.39 is 11.3 Å². The number of hydrogen-bond acceptors (Lipinski definition) is 4. The largest absolute Gasteiger partial charge is 0.467 e. The fourth-order valence-electron chi connectivity index (χ4n) is 3.54. The molecule has 1 saturated heterocycles. The quantitative estimate of drug-likeness (QED) is 0.725. The highest BCUT2D eigenvalue weighted by Crippen LogP contribution is 2.13. The molecule has 0 unspecified atom stereocenters. The van der Waals surface area contributed by atoms with Crippen molar-refractivity contribution < 1.29 is 14.0 Å². The van der Waals surface area contributed by atoms with Crippen molar-refractivity contribution in [2.24, 2.45) is 0 Å². The average molecular weight is 399 g/mol. The number of carbonyl (C=O) groups excluding carboxylic acids is 2. The maximum atomic E-state index is 13.1. The van der Waals surface area contributed by atoms with Gasteiger partial charge in [-0.1, -0.05) is 26.2 Å². The van der Waals surface area contributed by atoms with Gasteiger partial charge in [0, 0.05) is 32.0 Å². The number of nitrogens with one attached hydrogen (secondary N) is 1. The van der Waals surface area contributed by atoms with Crippen LogP contribution in [0.25, 0.3) is 0 Å². The summed E-state index contributed by atoms with van der Waals surface area (Å²) in [5, 5.41) is 2.78. The van der Waals surface area contributed by atoms with Crippen LogP contribution < -0.4 is 10.7 Å². The zero-order valence-electron chi connectivity index (χ0n) is 17.0. The highest BCUT2D eigenvalue weighted by molar-refractivity contribution is 5.99. The number of amides is 2. The summed E-state index contributed by atoms with van der Waals surface area (Å²) in [7, 11) is 0. The van der Waals surface area contributed by atoms with Gasteiger partial charge < -0.3 is 19.2 Å². The molecule has 0 aliphatic carbocycles. The van der Waals surface area contributed by atoms with Crippen molar-refractivity contribution in [1.82, 2.24) is 14.8 Å². The van der Waals surface area contributed by atoms with Crippen LogP contribution in [-0.2, 0) is 6.54 Å². The molecule has 0 saturated carbocycles. The topological polar surface area (TPSA) is 84.6 Å². The van der Waals surface area contributed by atoms with Gasteiger partial charge in [-0.2, -0.15) is 0 Å². The molecule has 2 amide bonds. The lowest BCUT2D eigenvalue weighted by Gasteiger charge is -2.21. The Morgan fingerprint density at radius 3 is 2.48 bits per heavy atom. The monoisotopic (exact) mass is 399 g/mol. The van der Waals surface area contributed by atoms with Crippen LogP contribution in [0.1, 0.15) is 71.9 Å². The maximum Gasteiger partial charge on any atom is 0.259 e. The molecule has 29 heavy (non-hydrogen) atoms. The molecule has 1 aliphatic rings. The van der Waals surface area contributed by atoms with Crippen molar-refractivity contribution in [2.75, 3.05) is 19.6 Å². The van der Waals surface area contributed by atoms with Crippen molar-refractivity contribution in [2.45, 2.75) is 52.0 Å². The van der Waals surface area contributed by atoms with Crippen LogP contribution in [0.3, 0.4) is 0 Å². The molecule has 2 aromatic heterocycles. The molecule has 3 heterocycles. The van der Waals surface area contributed by atoms with E-state index in [0.717, 1.165) is 38.5 Å². The van der Waals surface area contributed by atoms with Gasteiger partial charge in [0.25, 0.3) is 11.8 Å². The summed E-state index contributed by atoms with van der Waals surface area (Å²) in [4.78, 5) is 40.5. The predicted molar refractivity (Wildman–Crippen MR) is 110 cm³/mol. The number of likely N-dealkylation sites (tertiary alicyclic amines) is 1. The van der Waals surface area contributed by atoms with E-state index in [4.69, 9.17) is 4.42 Å². The van der Waals surface area contributed by atoms with Crippen LogP contribution in [0.2, 0.25) is 0 Å². The van der Waals surface area contributed by atoms with Gasteiger partial charge in [-0.25, -0.2) is 0 Å². The first-order valence-electron chi connectivity index (χ1n) is 10.4. The second kappa shape index (κ2) is 10.1. The molecule has 7 nitrogen and oxygen atoms in total. The lowest BCUT2D eigenvalue weighted by atomic mass is 10.1. The van der Waals surface area contributed by atoms with Gasteiger partial charge in [0.05, 0.1) is 12.8 Å². The third kappa shape index (κ3) is 5.37. The molecule has 0 radical (unpaired) electrons. The molecule has 1 fully saturated rings. The Morgan fingerprint density at radius 2 is 1.83 bits per heavy atom. The Bertz CT molecular complexity index is 878. The minimum Gasteiger partial charge on any atom is -0.467 e. The molecule has 2 aromatic rings. The summed E-state index contributed by atoms with van der Waals surface area (Å²) in [6, 6.07) is 3.59. The molecule has 7 heteroatoms. The third-order valence-corrected chi connectivity index (χ3v) is 5.18. The second-order valence-corrected chi connectivity index (χ2v) is 7.48. The van der Waals surface area contributed by atoms with Crippen LogP contribution in [0, 0.1) is 0 Å². The van der Waals surface area contributed by atoms with Crippen molar-refractivity contribution >= 4 is 11.8 Å². The number of unbranched alkanes of at least 4 members (excludes halogenated alkanes) is 1. The first-order valence-corrected chi connectivity index (χ1v) is 10.4. The van der Waals surface area contributed by atoms with Crippen LogP contribution in [-0.4, -0.2) is 40.9 Å². The predicted octanol–water partition coefficient (Wildman–Crippen LogP) is 3.04. The Kier molecular flexibility index (Phi) is 7.27. The lowest BCUT2D eigenvalue weighted by molar-refractivity contribution is 0.0759. The smallest absolute Gasteiger partial charge is 0.259 e. The SMILES string of the molecule is CCCCNC(=O)c1cn(Cc2ccco2)cc(C(=O)N2CCCCCC2)c1=O. The average Bonchev–Trinajstić information content (AvgIpc) is 3.07. The van der Waals surface area contributed by atoms with Crippen molar-refractivity contribution in [3.05, 3.63) is 57.9 Å². The van der Waals surface area contributed by atoms with E-state index in [-0.39, 0.29) is 17.0 Å². The maximum absolute atomic E-state index is 13.1. The van der Waals surface area contributed by atoms with E-state index in [0.29, 0.717) is 31.9 Å². The van der Waals surface area contributed by atoms with Gasteiger partial charge in [-0.15, -0.1) is 0 Å². The molecule has 1 aliphatic heterocycles. The van der Waals surface area contributed by atoms with E-state index >= 15 is 0 Å². The summed E-state index contributed by atoms with van der Waals surface area (Å²) in [6.07, 6.45) is 10.4. The molecular formula is C22H29N3O4. The number of hydrogen-bond donors (Lipinski definition) is 1. The third-order valence-electron chi connectivity index (χ3n) is 5.18. The minimum atomic E-state index is -0.510. The zero-order chi connectivity index (χ0) is 20.6. The number of nitrogens with zero attached hydrogens (tertiary/aromatic N) is 2. The van der Waals surface area contributed by atoms with Gasteiger partial charge in [0.1, 0.15) is 16.9 Å². The standard InChI is InChI=1S/C22H29N3O4/c1-2-3-10-23-21(27)18-15-24(14-17-9-8-13-29-17)16-19(20(18)26)22(28)25-11-6-4-5-7-12-25/h8-9,13,15-16H,2-7,10-12,14H2,1H3,(H,23,27). The normalized spacial score (nSPS) is 14.4. The van der Waals surface area contributed by atoms with Crippen molar-refractivity contribution in [3.8, 4) is 0 Å². The minimum absolute atomic E-state index is 0.00617. The van der Waals surface area contributed by atoms with Crippen LogP contribution in [0.5, 0.6) is 0 Å². The summed E-state index contributed by atoms with van der Waals surface area (Å²) in [6.45, 7) is 4.15. The molecule has 156 valence electrons. The molecule has 0 spiro atoms. The second-order valence-electron chi connectivity index (χ2n) is 7.48. The van der Waals surface area contributed by atoms with E-state index in [1.54, 1.807) is 28.0 Å². The van der Waals surface area contributed by atoms with Gasteiger partial charge >= 0.3 is 0 Å².